The average molecular weight is 397 g/mol. The van der Waals surface area contributed by atoms with Gasteiger partial charge in [0.25, 0.3) is 0 Å². The molecule has 2 aliphatic rings. The van der Waals surface area contributed by atoms with Crippen molar-refractivity contribution in [3.05, 3.63) is 23.8 Å². The Morgan fingerprint density at radius 1 is 1.37 bits per heavy atom. The molecular weight excluding hydrogens is 368 g/mol. The number of hydrogen-bond donors (Lipinski definition) is 1. The minimum atomic E-state index is -3.39. The van der Waals surface area contributed by atoms with E-state index in [1.54, 1.807) is 0 Å². The fourth-order valence-corrected chi connectivity index (χ4v) is 4.84. The first-order valence-corrected chi connectivity index (χ1v) is 11.2. The molecule has 3 rings (SSSR count). The third-order valence-corrected chi connectivity index (χ3v) is 6.19. The molecule has 1 aromatic carbocycles. The van der Waals surface area contributed by atoms with Gasteiger partial charge in [0.2, 0.25) is 15.9 Å². The summed E-state index contributed by atoms with van der Waals surface area (Å²) in [6.45, 7) is 5.07. The lowest BCUT2D eigenvalue weighted by atomic mass is 10.0. The van der Waals surface area contributed by atoms with Gasteiger partial charge in [0.1, 0.15) is 18.2 Å². The number of benzene rings is 1. The molecule has 0 aliphatic carbocycles. The van der Waals surface area contributed by atoms with Gasteiger partial charge >= 0.3 is 0 Å². The number of nitrogens with zero attached hydrogens (tertiary/aromatic N) is 1. The van der Waals surface area contributed by atoms with Crippen LogP contribution in [0.5, 0.6) is 11.5 Å². The maximum absolute atomic E-state index is 12.4. The summed E-state index contributed by atoms with van der Waals surface area (Å²) >= 11 is 0. The number of nitrogens with one attached hydrogen (secondary N) is 1. The third-order valence-electron chi connectivity index (χ3n) is 4.90. The molecule has 1 N–H and O–H groups in total. The Morgan fingerprint density at radius 2 is 2.15 bits per heavy atom. The van der Waals surface area contributed by atoms with E-state index < -0.39 is 16.1 Å². The van der Waals surface area contributed by atoms with Crippen LogP contribution in [-0.4, -0.2) is 56.2 Å². The fraction of sp³-hybridized carbons (Fsp3) is 0.632. The van der Waals surface area contributed by atoms with Crippen LogP contribution in [0, 0.1) is 0 Å². The standard InChI is InChI=1S/C19H28N2O5S/c1-19(2)13-14-7-6-9-16(17(14)26-19)25-12-10-20-18(22)15-8-4-5-11-21(15)27(3,23)24/h6-7,9,15H,4-5,8,10-13H2,1-3H3,(H,20,22)/t15-/m1/s1. The number of amides is 1. The van der Waals surface area contributed by atoms with Gasteiger partial charge in [-0.2, -0.15) is 4.31 Å². The number of carbonyl (C=O) groups is 1. The van der Waals surface area contributed by atoms with Crippen LogP contribution in [0.1, 0.15) is 38.7 Å². The number of sulfonamides is 1. The highest BCUT2D eigenvalue weighted by atomic mass is 32.2. The zero-order chi connectivity index (χ0) is 19.7. The van der Waals surface area contributed by atoms with Gasteiger partial charge in [-0.1, -0.05) is 18.6 Å². The summed E-state index contributed by atoms with van der Waals surface area (Å²) in [7, 11) is -3.39. The predicted molar refractivity (Wildman–Crippen MR) is 103 cm³/mol. The van der Waals surface area contributed by atoms with E-state index in [4.69, 9.17) is 9.47 Å². The molecule has 2 heterocycles. The van der Waals surface area contributed by atoms with Crippen molar-refractivity contribution in [1.82, 2.24) is 9.62 Å². The van der Waals surface area contributed by atoms with Gasteiger partial charge < -0.3 is 14.8 Å². The minimum absolute atomic E-state index is 0.244. The molecule has 2 aliphatic heterocycles. The number of fused-ring (bicyclic) bond motifs is 1. The fourth-order valence-electron chi connectivity index (χ4n) is 3.72. The van der Waals surface area contributed by atoms with Crippen LogP contribution in [0.3, 0.4) is 0 Å². The van der Waals surface area contributed by atoms with Gasteiger partial charge in [-0.05, 0) is 32.8 Å². The molecule has 1 aromatic rings. The molecule has 150 valence electrons. The van der Waals surface area contributed by atoms with Crippen molar-refractivity contribution in [1.29, 1.82) is 0 Å². The zero-order valence-corrected chi connectivity index (χ0v) is 17.0. The Kier molecular flexibility index (Phi) is 5.67. The first kappa shape index (κ1) is 19.9. The zero-order valence-electron chi connectivity index (χ0n) is 16.2. The van der Waals surface area contributed by atoms with Gasteiger partial charge in [0.15, 0.2) is 11.5 Å². The summed E-state index contributed by atoms with van der Waals surface area (Å²) < 4.78 is 36.8. The van der Waals surface area contributed by atoms with Crippen molar-refractivity contribution in [3.63, 3.8) is 0 Å². The van der Waals surface area contributed by atoms with E-state index in [1.807, 2.05) is 32.0 Å². The van der Waals surface area contributed by atoms with Crippen molar-refractivity contribution in [3.8, 4) is 11.5 Å². The van der Waals surface area contributed by atoms with E-state index in [9.17, 15) is 13.2 Å². The van der Waals surface area contributed by atoms with E-state index in [-0.39, 0.29) is 18.1 Å². The number of ether oxygens (including phenoxy) is 2. The van der Waals surface area contributed by atoms with Crippen LogP contribution in [0.25, 0.3) is 0 Å². The molecule has 0 unspecified atom stereocenters. The highest BCUT2D eigenvalue weighted by molar-refractivity contribution is 7.88. The lowest BCUT2D eigenvalue weighted by Gasteiger charge is -2.32. The lowest BCUT2D eigenvalue weighted by molar-refractivity contribution is -0.125. The van der Waals surface area contributed by atoms with E-state index in [0.29, 0.717) is 25.3 Å². The average Bonchev–Trinajstić information content (AvgIpc) is 2.92. The predicted octanol–water partition coefficient (Wildman–Crippen LogP) is 1.71. The van der Waals surface area contributed by atoms with Crippen LogP contribution in [-0.2, 0) is 21.2 Å². The molecule has 0 aromatic heterocycles. The molecule has 0 bridgehead atoms. The maximum atomic E-state index is 12.4. The Morgan fingerprint density at radius 3 is 2.89 bits per heavy atom. The van der Waals surface area contributed by atoms with Crippen molar-refractivity contribution < 1.29 is 22.7 Å². The second-order valence-electron chi connectivity index (χ2n) is 7.81. The van der Waals surface area contributed by atoms with E-state index >= 15 is 0 Å². The largest absolute Gasteiger partial charge is 0.488 e. The van der Waals surface area contributed by atoms with Crippen molar-refractivity contribution in [2.75, 3.05) is 26.0 Å². The Labute approximate surface area is 161 Å². The smallest absolute Gasteiger partial charge is 0.238 e. The minimum Gasteiger partial charge on any atom is -0.488 e. The molecule has 1 fully saturated rings. The number of rotatable bonds is 6. The monoisotopic (exact) mass is 396 g/mol. The third kappa shape index (κ3) is 4.73. The number of piperidine rings is 1. The maximum Gasteiger partial charge on any atom is 0.238 e. The molecule has 8 heteroatoms. The summed E-state index contributed by atoms with van der Waals surface area (Å²) in [6.07, 6.45) is 4.17. The van der Waals surface area contributed by atoms with Gasteiger partial charge in [0, 0.05) is 18.5 Å². The summed E-state index contributed by atoms with van der Waals surface area (Å²) in [6, 6.07) is 5.19. The highest BCUT2D eigenvalue weighted by Crippen LogP contribution is 2.41. The molecule has 0 radical (unpaired) electrons. The SMILES string of the molecule is CC1(C)Cc2cccc(OCCNC(=O)[C@H]3CCCCN3S(C)(=O)=O)c2O1. The van der Waals surface area contributed by atoms with E-state index in [0.717, 1.165) is 36.8 Å². The Hall–Kier alpha value is -1.80. The number of hydrogen-bond acceptors (Lipinski definition) is 5. The van der Waals surface area contributed by atoms with Crippen LogP contribution >= 0.6 is 0 Å². The summed E-state index contributed by atoms with van der Waals surface area (Å²) in [4.78, 5) is 12.4. The van der Waals surface area contributed by atoms with Crippen LogP contribution < -0.4 is 14.8 Å². The van der Waals surface area contributed by atoms with Gasteiger partial charge in [-0.3, -0.25) is 4.79 Å². The van der Waals surface area contributed by atoms with Crippen molar-refractivity contribution in [2.45, 2.75) is 51.2 Å². The summed E-state index contributed by atoms with van der Waals surface area (Å²) in [5.74, 6) is 1.17. The first-order valence-electron chi connectivity index (χ1n) is 9.36. The molecule has 0 saturated carbocycles. The van der Waals surface area contributed by atoms with Gasteiger partial charge in [-0.15, -0.1) is 0 Å². The lowest BCUT2D eigenvalue weighted by Crippen LogP contribution is -2.52. The van der Waals surface area contributed by atoms with Crippen LogP contribution in [0.2, 0.25) is 0 Å². The number of para-hydroxylation sites is 1. The van der Waals surface area contributed by atoms with Crippen molar-refractivity contribution >= 4 is 15.9 Å². The summed E-state index contributed by atoms with van der Waals surface area (Å²) in [5.41, 5.74) is 0.874. The first-order chi connectivity index (χ1) is 12.7. The quantitative estimate of drug-likeness (QED) is 0.740. The van der Waals surface area contributed by atoms with Gasteiger partial charge in [-0.25, -0.2) is 8.42 Å². The molecular formula is C19H28N2O5S. The topological polar surface area (TPSA) is 84.9 Å². The normalized spacial score (nSPS) is 22.0. The molecule has 1 amide bonds. The van der Waals surface area contributed by atoms with Crippen molar-refractivity contribution in [2.24, 2.45) is 0 Å². The second kappa shape index (κ2) is 7.67. The molecule has 0 spiro atoms. The van der Waals surface area contributed by atoms with Gasteiger partial charge in [0.05, 0.1) is 12.8 Å². The molecule has 1 atom stereocenters. The second-order valence-corrected chi connectivity index (χ2v) is 9.74. The molecule has 7 nitrogen and oxygen atoms in total. The molecule has 27 heavy (non-hydrogen) atoms. The Bertz CT molecular complexity index is 806. The van der Waals surface area contributed by atoms with E-state index in [2.05, 4.69) is 5.32 Å². The number of carbonyl (C=O) groups excluding carboxylic acids is 1. The van der Waals surface area contributed by atoms with Crippen LogP contribution in [0.4, 0.5) is 0 Å². The van der Waals surface area contributed by atoms with E-state index in [1.165, 1.54) is 4.31 Å². The highest BCUT2D eigenvalue weighted by Gasteiger charge is 2.34. The van der Waals surface area contributed by atoms with Crippen LogP contribution in [0.15, 0.2) is 18.2 Å². The Balaban J connectivity index is 1.53. The molecule has 1 saturated heterocycles. The summed E-state index contributed by atoms with van der Waals surface area (Å²) in [5, 5.41) is 2.80.